The van der Waals surface area contributed by atoms with Crippen LogP contribution in [0, 0.1) is 0 Å². The van der Waals surface area contributed by atoms with Crippen LogP contribution in [0.4, 0.5) is 5.82 Å². The molecule has 2 aromatic rings. The number of nitrogens with zero attached hydrogens (tertiary/aromatic N) is 1. The smallest absolute Gasteiger partial charge is 0.129 e. The minimum atomic E-state index is -1.08. The molecule has 0 saturated carbocycles. The molecule has 0 amide bonds. The van der Waals surface area contributed by atoms with Crippen molar-refractivity contribution >= 4 is 5.82 Å². The number of nitrogen functional groups attached to an aromatic ring is 1. The van der Waals surface area contributed by atoms with Gasteiger partial charge in [-0.25, -0.2) is 4.98 Å². The van der Waals surface area contributed by atoms with Gasteiger partial charge in [0.2, 0.25) is 0 Å². The fraction of sp³-hybridized carbons (Fsp3) is 0.154. The van der Waals surface area contributed by atoms with Gasteiger partial charge in [0.25, 0.3) is 0 Å². The molecule has 88 valence electrons. The second-order valence-corrected chi connectivity index (χ2v) is 3.78. The Morgan fingerprint density at radius 3 is 2.29 bits per heavy atom. The van der Waals surface area contributed by atoms with E-state index in [1.54, 1.807) is 42.6 Å². The van der Waals surface area contributed by atoms with Gasteiger partial charge >= 0.3 is 0 Å². The van der Waals surface area contributed by atoms with Gasteiger partial charge < -0.3 is 15.9 Å². The number of aliphatic hydroxyl groups excluding tert-OH is 2. The number of aromatic nitrogens is 1. The molecular formula is C13H14N2O2. The van der Waals surface area contributed by atoms with E-state index in [1.807, 2.05) is 6.07 Å². The van der Waals surface area contributed by atoms with Gasteiger partial charge in [-0.2, -0.15) is 0 Å². The topological polar surface area (TPSA) is 79.4 Å². The molecule has 0 radical (unpaired) electrons. The third-order valence-corrected chi connectivity index (χ3v) is 2.63. The SMILES string of the molecule is Nc1ncccc1C(O)C(O)c1ccccc1. The van der Waals surface area contributed by atoms with Crippen LogP contribution in [0.25, 0.3) is 0 Å². The second-order valence-electron chi connectivity index (χ2n) is 3.78. The molecule has 0 fully saturated rings. The van der Waals surface area contributed by atoms with Gasteiger partial charge in [0.1, 0.15) is 18.0 Å². The molecule has 4 N–H and O–H groups in total. The van der Waals surface area contributed by atoms with E-state index in [2.05, 4.69) is 4.98 Å². The lowest BCUT2D eigenvalue weighted by Gasteiger charge is -2.19. The van der Waals surface area contributed by atoms with E-state index >= 15 is 0 Å². The van der Waals surface area contributed by atoms with E-state index < -0.39 is 12.2 Å². The summed E-state index contributed by atoms with van der Waals surface area (Å²) in [5.74, 6) is 0.231. The molecule has 0 aliphatic carbocycles. The Kier molecular flexibility index (Phi) is 3.37. The number of nitrogens with two attached hydrogens (primary N) is 1. The molecule has 1 aromatic heterocycles. The summed E-state index contributed by atoms with van der Waals surface area (Å²) in [7, 11) is 0. The molecule has 4 heteroatoms. The Morgan fingerprint density at radius 2 is 1.65 bits per heavy atom. The summed E-state index contributed by atoms with van der Waals surface area (Å²) in [5.41, 5.74) is 6.73. The van der Waals surface area contributed by atoms with Crippen LogP contribution in [-0.4, -0.2) is 15.2 Å². The molecule has 4 nitrogen and oxygen atoms in total. The lowest BCUT2D eigenvalue weighted by Crippen LogP contribution is -2.12. The normalized spacial score (nSPS) is 14.2. The Bertz CT molecular complexity index is 488. The van der Waals surface area contributed by atoms with E-state index in [-0.39, 0.29) is 5.82 Å². The summed E-state index contributed by atoms with van der Waals surface area (Å²) in [5, 5.41) is 20.1. The number of aliphatic hydroxyl groups is 2. The van der Waals surface area contributed by atoms with Gasteiger partial charge in [-0.05, 0) is 11.6 Å². The zero-order valence-corrected chi connectivity index (χ0v) is 9.19. The summed E-state index contributed by atoms with van der Waals surface area (Å²) in [6.45, 7) is 0. The minimum Gasteiger partial charge on any atom is -0.385 e. The van der Waals surface area contributed by atoms with Crippen LogP contribution in [0.5, 0.6) is 0 Å². The molecule has 1 heterocycles. The van der Waals surface area contributed by atoms with Gasteiger partial charge in [-0.1, -0.05) is 36.4 Å². The molecule has 0 aliphatic rings. The van der Waals surface area contributed by atoms with Crippen LogP contribution in [-0.2, 0) is 0 Å². The molecular weight excluding hydrogens is 216 g/mol. The van der Waals surface area contributed by atoms with Crippen molar-refractivity contribution < 1.29 is 10.2 Å². The molecule has 2 unspecified atom stereocenters. The summed E-state index contributed by atoms with van der Waals surface area (Å²) >= 11 is 0. The molecule has 0 aliphatic heterocycles. The Morgan fingerprint density at radius 1 is 0.941 bits per heavy atom. The number of pyridine rings is 1. The number of hydrogen-bond donors (Lipinski definition) is 3. The Hall–Kier alpha value is -1.91. The van der Waals surface area contributed by atoms with Crippen molar-refractivity contribution in [1.29, 1.82) is 0 Å². The van der Waals surface area contributed by atoms with Gasteiger partial charge in [-0.15, -0.1) is 0 Å². The van der Waals surface area contributed by atoms with Gasteiger partial charge in [-0.3, -0.25) is 0 Å². The highest BCUT2D eigenvalue weighted by atomic mass is 16.3. The predicted molar refractivity (Wildman–Crippen MR) is 65.0 cm³/mol. The number of benzene rings is 1. The predicted octanol–water partition coefficient (Wildman–Crippen LogP) is 1.43. The van der Waals surface area contributed by atoms with Crippen molar-refractivity contribution in [3.8, 4) is 0 Å². The molecule has 0 bridgehead atoms. The van der Waals surface area contributed by atoms with Crippen molar-refractivity contribution in [2.45, 2.75) is 12.2 Å². The van der Waals surface area contributed by atoms with Crippen molar-refractivity contribution in [2.75, 3.05) is 5.73 Å². The summed E-state index contributed by atoms with van der Waals surface area (Å²) in [6, 6.07) is 12.3. The molecule has 17 heavy (non-hydrogen) atoms. The zero-order valence-electron chi connectivity index (χ0n) is 9.19. The zero-order chi connectivity index (χ0) is 12.3. The van der Waals surface area contributed by atoms with Crippen LogP contribution in [0.1, 0.15) is 23.3 Å². The molecule has 2 rings (SSSR count). The maximum Gasteiger partial charge on any atom is 0.129 e. The van der Waals surface area contributed by atoms with Crippen molar-refractivity contribution in [2.24, 2.45) is 0 Å². The quantitative estimate of drug-likeness (QED) is 0.745. The van der Waals surface area contributed by atoms with Crippen LogP contribution in [0.15, 0.2) is 48.7 Å². The van der Waals surface area contributed by atoms with Crippen LogP contribution in [0.2, 0.25) is 0 Å². The molecule has 1 aromatic carbocycles. The lowest BCUT2D eigenvalue weighted by molar-refractivity contribution is 0.0175. The van der Waals surface area contributed by atoms with Gasteiger partial charge in [0, 0.05) is 11.8 Å². The number of anilines is 1. The van der Waals surface area contributed by atoms with Crippen molar-refractivity contribution in [3.63, 3.8) is 0 Å². The fourth-order valence-corrected chi connectivity index (χ4v) is 1.68. The van der Waals surface area contributed by atoms with Crippen LogP contribution >= 0.6 is 0 Å². The monoisotopic (exact) mass is 230 g/mol. The third kappa shape index (κ3) is 2.43. The number of rotatable bonds is 3. The van der Waals surface area contributed by atoms with Crippen LogP contribution in [0.3, 0.4) is 0 Å². The Balaban J connectivity index is 2.27. The van der Waals surface area contributed by atoms with E-state index in [1.165, 1.54) is 0 Å². The Labute approximate surface area is 99.4 Å². The van der Waals surface area contributed by atoms with Gasteiger partial charge in [0.05, 0.1) is 0 Å². The molecule has 0 saturated heterocycles. The highest BCUT2D eigenvalue weighted by molar-refractivity contribution is 5.41. The van der Waals surface area contributed by atoms with E-state index in [0.29, 0.717) is 11.1 Å². The van der Waals surface area contributed by atoms with Crippen LogP contribution < -0.4 is 5.73 Å². The number of hydrogen-bond acceptors (Lipinski definition) is 4. The molecule has 2 atom stereocenters. The lowest BCUT2D eigenvalue weighted by atomic mass is 9.99. The maximum absolute atomic E-state index is 10.1. The summed E-state index contributed by atoms with van der Waals surface area (Å²) in [4.78, 5) is 3.88. The third-order valence-electron chi connectivity index (χ3n) is 2.63. The largest absolute Gasteiger partial charge is 0.385 e. The molecule has 0 spiro atoms. The van der Waals surface area contributed by atoms with Gasteiger partial charge in [0.15, 0.2) is 0 Å². The standard InChI is InChI=1S/C13H14N2O2/c14-13-10(7-4-8-15-13)12(17)11(16)9-5-2-1-3-6-9/h1-8,11-12,16-17H,(H2,14,15). The fourth-order valence-electron chi connectivity index (χ4n) is 1.68. The second kappa shape index (κ2) is 4.95. The summed E-state index contributed by atoms with van der Waals surface area (Å²) in [6.07, 6.45) is -0.547. The average molecular weight is 230 g/mol. The first-order valence-corrected chi connectivity index (χ1v) is 5.31. The van der Waals surface area contributed by atoms with Crippen molar-refractivity contribution in [3.05, 3.63) is 59.8 Å². The van der Waals surface area contributed by atoms with E-state index in [9.17, 15) is 10.2 Å². The minimum absolute atomic E-state index is 0.231. The first kappa shape index (κ1) is 11.6. The van der Waals surface area contributed by atoms with Crippen molar-refractivity contribution in [1.82, 2.24) is 4.98 Å². The van der Waals surface area contributed by atoms with E-state index in [4.69, 9.17) is 5.73 Å². The first-order valence-electron chi connectivity index (χ1n) is 5.31. The highest BCUT2D eigenvalue weighted by Crippen LogP contribution is 2.30. The van der Waals surface area contributed by atoms with E-state index in [0.717, 1.165) is 0 Å². The maximum atomic E-state index is 10.1. The average Bonchev–Trinajstić information content (AvgIpc) is 2.39. The first-order chi connectivity index (χ1) is 8.20. The summed E-state index contributed by atoms with van der Waals surface area (Å²) < 4.78 is 0. The highest BCUT2D eigenvalue weighted by Gasteiger charge is 2.22.